The number of alkyl halides is 2. The average Bonchev–Trinajstić information content (AvgIpc) is 2.62. The number of halogens is 2. The van der Waals surface area contributed by atoms with Crippen molar-refractivity contribution in [3.63, 3.8) is 0 Å². The van der Waals surface area contributed by atoms with E-state index in [-0.39, 0.29) is 11.3 Å². The second-order valence-corrected chi connectivity index (χ2v) is 7.08. The van der Waals surface area contributed by atoms with E-state index >= 15 is 0 Å². The molecular weight excluding hydrogens is 364 g/mol. The quantitative estimate of drug-likeness (QED) is 0.616. The van der Waals surface area contributed by atoms with E-state index in [1.54, 1.807) is 24.4 Å². The van der Waals surface area contributed by atoms with Gasteiger partial charge in [0.1, 0.15) is 11.6 Å². The molecule has 3 rings (SSSR count). The Balaban J connectivity index is 1.89. The number of ether oxygens (including phenoxy) is 1. The lowest BCUT2D eigenvalue weighted by atomic mass is 10.1. The zero-order valence-electron chi connectivity index (χ0n) is 15.8. The van der Waals surface area contributed by atoms with E-state index in [1.807, 2.05) is 39.0 Å². The number of hydrogen-bond acceptors (Lipinski definition) is 6. The molecule has 0 amide bonds. The number of rotatable bonds is 6. The summed E-state index contributed by atoms with van der Waals surface area (Å²) >= 11 is 0. The highest BCUT2D eigenvalue weighted by atomic mass is 19.3. The Kier molecular flexibility index (Phi) is 5.67. The van der Waals surface area contributed by atoms with E-state index in [2.05, 4.69) is 30.3 Å². The van der Waals surface area contributed by atoms with Gasteiger partial charge in [-0.05, 0) is 57.2 Å². The van der Waals surface area contributed by atoms with Gasteiger partial charge >= 0.3 is 6.61 Å². The average molecular weight is 385 g/mol. The highest BCUT2D eigenvalue weighted by molar-refractivity contribution is 5.65. The molecule has 1 aromatic carbocycles. The molecule has 2 N–H and O–H groups in total. The fraction of sp³-hybridized carbons (Fsp3) is 0.250. The molecule has 0 bridgehead atoms. The lowest BCUT2D eigenvalue weighted by Crippen LogP contribution is -2.27. The number of aromatic nitrogens is 3. The summed E-state index contributed by atoms with van der Waals surface area (Å²) in [6, 6.07) is 13.6. The first kappa shape index (κ1) is 19.5. The van der Waals surface area contributed by atoms with Crippen molar-refractivity contribution in [2.75, 3.05) is 10.6 Å². The minimum Gasteiger partial charge on any atom is -0.435 e. The van der Waals surface area contributed by atoms with Crippen LogP contribution in [0.4, 0.5) is 26.2 Å². The highest BCUT2D eigenvalue weighted by Gasteiger charge is 2.14. The van der Waals surface area contributed by atoms with Crippen molar-refractivity contribution in [1.29, 1.82) is 0 Å². The van der Waals surface area contributed by atoms with Gasteiger partial charge in [0.15, 0.2) is 0 Å². The maximum absolute atomic E-state index is 12.3. The number of nitrogens with zero attached hydrogens (tertiary/aromatic N) is 3. The summed E-state index contributed by atoms with van der Waals surface area (Å²) in [5, 5.41) is 6.41. The molecule has 146 valence electrons. The SMILES string of the molecule is CC(C)(C)Nc1nc(Nc2ccc(OC(F)F)cc2)cc(-c2ccccn2)n1. The monoisotopic (exact) mass is 385 g/mol. The number of pyridine rings is 1. The Morgan fingerprint density at radius 1 is 0.964 bits per heavy atom. The maximum atomic E-state index is 12.3. The van der Waals surface area contributed by atoms with Crippen LogP contribution in [0.2, 0.25) is 0 Å². The molecule has 6 nitrogen and oxygen atoms in total. The predicted molar refractivity (Wildman–Crippen MR) is 105 cm³/mol. The number of hydrogen-bond donors (Lipinski definition) is 2. The number of nitrogens with one attached hydrogen (secondary N) is 2. The van der Waals surface area contributed by atoms with Gasteiger partial charge in [-0.15, -0.1) is 0 Å². The highest BCUT2D eigenvalue weighted by Crippen LogP contribution is 2.25. The van der Waals surface area contributed by atoms with Crippen LogP contribution in [0.5, 0.6) is 5.75 Å². The molecule has 0 aliphatic rings. The molecule has 2 heterocycles. The van der Waals surface area contributed by atoms with Crippen LogP contribution in [-0.2, 0) is 0 Å². The number of anilines is 3. The molecule has 0 unspecified atom stereocenters. The second kappa shape index (κ2) is 8.16. The third-order valence-electron chi connectivity index (χ3n) is 3.49. The molecule has 0 fully saturated rings. The van der Waals surface area contributed by atoms with Gasteiger partial charge < -0.3 is 15.4 Å². The van der Waals surface area contributed by atoms with Crippen molar-refractivity contribution >= 4 is 17.5 Å². The summed E-state index contributed by atoms with van der Waals surface area (Å²) in [7, 11) is 0. The summed E-state index contributed by atoms with van der Waals surface area (Å²) in [6.07, 6.45) is 1.70. The van der Waals surface area contributed by atoms with E-state index in [1.165, 1.54) is 12.1 Å². The van der Waals surface area contributed by atoms with Crippen molar-refractivity contribution < 1.29 is 13.5 Å². The van der Waals surface area contributed by atoms with Gasteiger partial charge in [-0.2, -0.15) is 13.8 Å². The van der Waals surface area contributed by atoms with Crippen LogP contribution < -0.4 is 15.4 Å². The van der Waals surface area contributed by atoms with Crippen LogP contribution in [-0.4, -0.2) is 27.1 Å². The maximum Gasteiger partial charge on any atom is 0.387 e. The van der Waals surface area contributed by atoms with Crippen LogP contribution >= 0.6 is 0 Å². The summed E-state index contributed by atoms with van der Waals surface area (Å²) in [6.45, 7) is 3.18. The topological polar surface area (TPSA) is 72.0 Å². The van der Waals surface area contributed by atoms with Gasteiger partial charge in [0.2, 0.25) is 5.95 Å². The Hall–Kier alpha value is -3.29. The van der Waals surface area contributed by atoms with Crippen LogP contribution in [0.25, 0.3) is 11.4 Å². The lowest BCUT2D eigenvalue weighted by Gasteiger charge is -2.21. The summed E-state index contributed by atoms with van der Waals surface area (Å²) in [5.74, 6) is 1.09. The molecule has 0 aliphatic carbocycles. The molecule has 28 heavy (non-hydrogen) atoms. The van der Waals surface area contributed by atoms with Crippen LogP contribution in [0, 0.1) is 0 Å². The van der Waals surface area contributed by atoms with Crippen LogP contribution in [0.3, 0.4) is 0 Å². The third kappa shape index (κ3) is 5.60. The predicted octanol–water partition coefficient (Wildman–Crippen LogP) is 5.09. The zero-order chi connectivity index (χ0) is 20.1. The van der Waals surface area contributed by atoms with Gasteiger partial charge in [0, 0.05) is 23.5 Å². The first-order chi connectivity index (χ1) is 13.3. The van der Waals surface area contributed by atoms with Gasteiger partial charge in [-0.25, -0.2) is 4.98 Å². The molecule has 8 heteroatoms. The summed E-state index contributed by atoms with van der Waals surface area (Å²) in [5.41, 5.74) is 1.82. The standard InChI is InChI=1S/C20H21F2N5O/c1-20(2,3)27-19-25-16(15-6-4-5-11-23-15)12-17(26-19)24-13-7-9-14(10-8-13)28-18(21)22/h4-12,18H,1-3H3,(H2,24,25,26,27). The molecule has 3 aromatic rings. The van der Waals surface area contributed by atoms with Crippen molar-refractivity contribution in [3.8, 4) is 17.1 Å². The van der Waals surface area contributed by atoms with E-state index in [4.69, 9.17) is 0 Å². The largest absolute Gasteiger partial charge is 0.435 e. The normalized spacial score (nSPS) is 11.4. The Morgan fingerprint density at radius 3 is 2.32 bits per heavy atom. The van der Waals surface area contributed by atoms with Crippen molar-refractivity contribution in [2.24, 2.45) is 0 Å². The third-order valence-corrected chi connectivity index (χ3v) is 3.49. The Morgan fingerprint density at radius 2 is 1.71 bits per heavy atom. The van der Waals surface area contributed by atoms with Gasteiger partial charge in [-0.3, -0.25) is 4.98 Å². The smallest absolute Gasteiger partial charge is 0.387 e. The van der Waals surface area contributed by atoms with Crippen molar-refractivity contribution in [1.82, 2.24) is 15.0 Å². The molecule has 0 spiro atoms. The molecule has 0 aliphatic heterocycles. The molecule has 0 atom stereocenters. The number of benzene rings is 1. The fourth-order valence-corrected chi connectivity index (χ4v) is 2.42. The summed E-state index contributed by atoms with van der Waals surface area (Å²) in [4.78, 5) is 13.4. The van der Waals surface area contributed by atoms with Gasteiger partial charge in [0.25, 0.3) is 0 Å². The summed E-state index contributed by atoms with van der Waals surface area (Å²) < 4.78 is 28.9. The van der Waals surface area contributed by atoms with Crippen LogP contribution in [0.15, 0.2) is 54.7 Å². The first-order valence-electron chi connectivity index (χ1n) is 8.69. The second-order valence-electron chi connectivity index (χ2n) is 7.08. The van der Waals surface area contributed by atoms with Gasteiger partial charge in [-0.1, -0.05) is 6.07 Å². The molecule has 0 radical (unpaired) electrons. The lowest BCUT2D eigenvalue weighted by molar-refractivity contribution is -0.0498. The van der Waals surface area contributed by atoms with Crippen LogP contribution in [0.1, 0.15) is 20.8 Å². The minimum absolute atomic E-state index is 0.0903. The molecule has 0 saturated carbocycles. The van der Waals surface area contributed by atoms with Crippen molar-refractivity contribution in [3.05, 3.63) is 54.7 Å². The van der Waals surface area contributed by atoms with E-state index < -0.39 is 6.61 Å². The molecule has 0 saturated heterocycles. The van der Waals surface area contributed by atoms with E-state index in [0.29, 0.717) is 28.8 Å². The molecule has 2 aromatic heterocycles. The van der Waals surface area contributed by atoms with E-state index in [9.17, 15) is 8.78 Å². The Labute approximate surface area is 162 Å². The zero-order valence-corrected chi connectivity index (χ0v) is 15.8. The molecular formula is C20H21F2N5O. The first-order valence-corrected chi connectivity index (χ1v) is 8.69. The fourth-order valence-electron chi connectivity index (χ4n) is 2.42. The minimum atomic E-state index is -2.85. The van der Waals surface area contributed by atoms with Crippen molar-refractivity contribution in [2.45, 2.75) is 32.9 Å². The van der Waals surface area contributed by atoms with Gasteiger partial charge in [0.05, 0.1) is 11.4 Å². The van der Waals surface area contributed by atoms with E-state index in [0.717, 1.165) is 0 Å². The Bertz CT molecular complexity index is 912.